The lowest BCUT2D eigenvalue weighted by atomic mass is 10.1. The molecule has 0 heterocycles. The highest BCUT2D eigenvalue weighted by atomic mass is 16.5. The molecule has 0 amide bonds. The fourth-order valence-electron chi connectivity index (χ4n) is 1.23. The van der Waals surface area contributed by atoms with Gasteiger partial charge in [0.05, 0.1) is 12.7 Å². The fraction of sp³-hybridized carbons (Fsp3) is 0.200. The number of ether oxygens (including phenoxy) is 1. The number of ketones is 1. The van der Waals surface area contributed by atoms with E-state index in [4.69, 9.17) is 9.84 Å². The summed E-state index contributed by atoms with van der Waals surface area (Å²) in [4.78, 5) is 21.6. The molecule has 15 heavy (non-hydrogen) atoms. The van der Waals surface area contributed by atoms with Crippen LogP contribution in [0.4, 0.5) is 0 Å². The zero-order valence-corrected chi connectivity index (χ0v) is 8.27. The second kappa shape index (κ2) is 4.00. The number of carboxylic acid groups (broad SMARTS) is 1. The number of carbonyl (C=O) groups excluding carboxylic acids is 1. The Balaban J connectivity index is 3.34. The molecule has 0 bridgehead atoms. The molecule has 2 N–H and O–H groups in total. The Hall–Kier alpha value is -2.04. The quantitative estimate of drug-likeness (QED) is 0.573. The smallest absolute Gasteiger partial charge is 0.377 e. The maximum Gasteiger partial charge on any atom is 0.377 e. The number of aromatic hydroxyl groups is 1. The van der Waals surface area contributed by atoms with Crippen LogP contribution in [0.2, 0.25) is 0 Å². The van der Waals surface area contributed by atoms with Crippen molar-refractivity contribution in [3.63, 3.8) is 0 Å². The van der Waals surface area contributed by atoms with E-state index in [0.717, 1.165) is 0 Å². The van der Waals surface area contributed by atoms with Crippen LogP contribution in [-0.4, -0.2) is 29.1 Å². The lowest BCUT2D eigenvalue weighted by Gasteiger charge is -2.09. The van der Waals surface area contributed by atoms with Gasteiger partial charge in [-0.15, -0.1) is 0 Å². The van der Waals surface area contributed by atoms with Gasteiger partial charge < -0.3 is 14.9 Å². The van der Waals surface area contributed by atoms with Crippen LogP contribution < -0.4 is 4.74 Å². The number of benzene rings is 1. The molecular formula is C10H10O5. The topological polar surface area (TPSA) is 83.8 Å². The zero-order valence-electron chi connectivity index (χ0n) is 8.27. The Labute approximate surface area is 85.9 Å². The van der Waals surface area contributed by atoms with Gasteiger partial charge in [-0.2, -0.15) is 0 Å². The van der Waals surface area contributed by atoms with Gasteiger partial charge in [0.25, 0.3) is 5.78 Å². The predicted octanol–water partition coefficient (Wildman–Crippen LogP) is 0.977. The van der Waals surface area contributed by atoms with Gasteiger partial charge in [-0.05, 0) is 18.6 Å². The molecule has 1 aromatic carbocycles. The summed E-state index contributed by atoms with van der Waals surface area (Å²) in [5.74, 6) is -3.10. The summed E-state index contributed by atoms with van der Waals surface area (Å²) in [6.45, 7) is 1.67. The first-order valence-corrected chi connectivity index (χ1v) is 4.13. The SMILES string of the molecule is COc1c(C)ccc(C(=O)C(=O)O)c1O. The summed E-state index contributed by atoms with van der Waals surface area (Å²) in [5.41, 5.74) is 0.349. The van der Waals surface area contributed by atoms with E-state index in [2.05, 4.69) is 0 Å². The standard InChI is InChI=1S/C10H10O5/c1-5-3-4-6(8(12)10(13)14)7(11)9(5)15-2/h3-4,11H,1-2H3,(H,13,14). The molecule has 0 aromatic heterocycles. The summed E-state index contributed by atoms with van der Waals surface area (Å²) in [5, 5.41) is 18.1. The molecule has 1 rings (SSSR count). The van der Waals surface area contributed by atoms with Gasteiger partial charge in [-0.3, -0.25) is 4.79 Å². The highest BCUT2D eigenvalue weighted by molar-refractivity contribution is 6.40. The van der Waals surface area contributed by atoms with Gasteiger partial charge in [-0.25, -0.2) is 4.79 Å². The van der Waals surface area contributed by atoms with Gasteiger partial charge in [0.1, 0.15) is 0 Å². The second-order valence-electron chi connectivity index (χ2n) is 2.95. The van der Waals surface area contributed by atoms with Crippen LogP contribution >= 0.6 is 0 Å². The number of methoxy groups -OCH3 is 1. The van der Waals surface area contributed by atoms with Crippen LogP contribution in [-0.2, 0) is 4.79 Å². The average molecular weight is 210 g/mol. The van der Waals surface area contributed by atoms with Gasteiger partial charge in [0, 0.05) is 0 Å². The van der Waals surface area contributed by atoms with Crippen molar-refractivity contribution in [2.24, 2.45) is 0 Å². The number of phenols is 1. The Morgan fingerprint density at radius 3 is 2.40 bits per heavy atom. The third kappa shape index (κ3) is 1.90. The molecule has 1 aromatic rings. The van der Waals surface area contributed by atoms with Crippen LogP contribution in [0.5, 0.6) is 11.5 Å². The third-order valence-corrected chi connectivity index (χ3v) is 1.97. The predicted molar refractivity (Wildman–Crippen MR) is 51.4 cm³/mol. The van der Waals surface area contributed by atoms with Crippen LogP contribution in [0.25, 0.3) is 0 Å². The first-order chi connectivity index (χ1) is 6.99. The van der Waals surface area contributed by atoms with Crippen molar-refractivity contribution < 1.29 is 24.5 Å². The molecule has 0 spiro atoms. The highest BCUT2D eigenvalue weighted by Gasteiger charge is 2.21. The number of Topliss-reactive ketones (excluding diaryl/α,β-unsaturated/α-hetero) is 1. The average Bonchev–Trinajstić information content (AvgIpc) is 2.17. The zero-order chi connectivity index (χ0) is 11.6. The van der Waals surface area contributed by atoms with E-state index >= 15 is 0 Å². The minimum atomic E-state index is -1.61. The van der Waals surface area contributed by atoms with Crippen LogP contribution in [0.1, 0.15) is 15.9 Å². The van der Waals surface area contributed by atoms with Crippen LogP contribution in [0.3, 0.4) is 0 Å². The normalized spacial score (nSPS) is 9.73. The van der Waals surface area contributed by atoms with Crippen molar-refractivity contribution in [3.8, 4) is 11.5 Å². The Bertz CT molecular complexity index is 422. The number of aliphatic carboxylic acids is 1. The first kappa shape index (κ1) is 11.0. The second-order valence-corrected chi connectivity index (χ2v) is 2.95. The highest BCUT2D eigenvalue weighted by Crippen LogP contribution is 2.33. The Morgan fingerprint density at radius 1 is 1.33 bits per heavy atom. The summed E-state index contributed by atoms with van der Waals surface area (Å²) in [6, 6.07) is 2.76. The Morgan fingerprint density at radius 2 is 1.93 bits per heavy atom. The van der Waals surface area contributed by atoms with Crippen molar-refractivity contribution in [2.75, 3.05) is 7.11 Å². The molecule has 0 atom stereocenters. The number of carbonyl (C=O) groups is 2. The van der Waals surface area contributed by atoms with E-state index in [1.165, 1.54) is 19.2 Å². The minimum Gasteiger partial charge on any atom is -0.504 e. The lowest BCUT2D eigenvalue weighted by molar-refractivity contribution is -0.131. The van der Waals surface area contributed by atoms with Gasteiger partial charge >= 0.3 is 5.97 Å². The van der Waals surface area contributed by atoms with E-state index in [9.17, 15) is 14.7 Å². The molecule has 5 heteroatoms. The summed E-state index contributed by atoms with van der Waals surface area (Å²) in [6.07, 6.45) is 0. The molecule has 80 valence electrons. The van der Waals surface area contributed by atoms with Crippen molar-refractivity contribution in [3.05, 3.63) is 23.3 Å². The number of hydrogen-bond donors (Lipinski definition) is 2. The van der Waals surface area contributed by atoms with E-state index in [0.29, 0.717) is 5.56 Å². The van der Waals surface area contributed by atoms with Crippen molar-refractivity contribution in [1.29, 1.82) is 0 Å². The molecule has 0 aliphatic carbocycles. The summed E-state index contributed by atoms with van der Waals surface area (Å²) in [7, 11) is 1.33. The molecule has 0 fully saturated rings. The lowest BCUT2D eigenvalue weighted by Crippen LogP contribution is -2.13. The minimum absolute atomic E-state index is 0.113. The van der Waals surface area contributed by atoms with Crippen molar-refractivity contribution >= 4 is 11.8 Å². The largest absolute Gasteiger partial charge is 0.504 e. The molecule has 0 radical (unpaired) electrons. The van der Waals surface area contributed by atoms with E-state index < -0.39 is 17.5 Å². The number of phenolic OH excluding ortho intramolecular Hbond substituents is 1. The number of carboxylic acids is 1. The van der Waals surface area contributed by atoms with Crippen molar-refractivity contribution in [1.82, 2.24) is 0 Å². The monoisotopic (exact) mass is 210 g/mol. The number of rotatable bonds is 3. The third-order valence-electron chi connectivity index (χ3n) is 1.97. The van der Waals surface area contributed by atoms with Gasteiger partial charge in [-0.1, -0.05) is 6.07 Å². The molecule has 0 aliphatic rings. The van der Waals surface area contributed by atoms with Crippen molar-refractivity contribution in [2.45, 2.75) is 6.92 Å². The maximum atomic E-state index is 11.1. The number of aryl methyl sites for hydroxylation is 1. The van der Waals surface area contributed by atoms with E-state index in [1.807, 2.05) is 0 Å². The maximum absolute atomic E-state index is 11.1. The Kier molecular flexibility index (Phi) is 2.94. The molecule has 0 unspecified atom stereocenters. The molecule has 0 saturated heterocycles. The summed E-state index contributed by atoms with van der Waals surface area (Å²) >= 11 is 0. The molecule has 0 saturated carbocycles. The first-order valence-electron chi connectivity index (χ1n) is 4.13. The molecule has 0 aliphatic heterocycles. The van der Waals surface area contributed by atoms with Crippen LogP contribution in [0, 0.1) is 6.92 Å². The van der Waals surface area contributed by atoms with E-state index in [1.54, 1.807) is 6.92 Å². The van der Waals surface area contributed by atoms with Gasteiger partial charge in [0.2, 0.25) is 0 Å². The van der Waals surface area contributed by atoms with Crippen LogP contribution in [0.15, 0.2) is 12.1 Å². The van der Waals surface area contributed by atoms with Gasteiger partial charge in [0.15, 0.2) is 11.5 Å². The summed E-state index contributed by atoms with van der Waals surface area (Å²) < 4.78 is 4.85. The number of hydrogen-bond acceptors (Lipinski definition) is 4. The fourth-order valence-corrected chi connectivity index (χ4v) is 1.23. The molecular weight excluding hydrogens is 200 g/mol. The molecule has 5 nitrogen and oxygen atoms in total. The van der Waals surface area contributed by atoms with E-state index in [-0.39, 0.29) is 11.3 Å².